The number of cyclic esters (lactones) is 2. The van der Waals surface area contributed by atoms with Crippen molar-refractivity contribution in [1.82, 2.24) is 0 Å². The van der Waals surface area contributed by atoms with E-state index in [9.17, 15) is 9.59 Å². The van der Waals surface area contributed by atoms with Crippen molar-refractivity contribution in [3.8, 4) is 0 Å². The Balaban J connectivity index is 0.000000720. The first-order valence-electron chi connectivity index (χ1n) is 3.14. The van der Waals surface area contributed by atoms with E-state index in [1.807, 2.05) is 0 Å². The molecule has 65 valence electrons. The number of fused-ring (bicyclic) bond motifs is 1. The molecule has 0 atom stereocenters. The molecule has 0 spiro atoms. The monoisotopic (exact) mass is 255 g/mol. The third-order valence-electron chi connectivity index (χ3n) is 1.55. The predicted molar refractivity (Wildman–Crippen MR) is 36.2 cm³/mol. The summed E-state index contributed by atoms with van der Waals surface area (Å²) < 4.78 is 4.35. The van der Waals surface area contributed by atoms with Gasteiger partial charge in [-0.15, -0.1) is 0 Å². The first-order chi connectivity index (χ1) is 5.29. The maximum atomic E-state index is 10.8. The average molecular weight is 256 g/mol. The molecule has 2 rings (SSSR count). The van der Waals surface area contributed by atoms with Gasteiger partial charge in [0, 0.05) is 22.4 Å². The molecule has 0 saturated heterocycles. The summed E-state index contributed by atoms with van der Waals surface area (Å²) in [6.45, 7) is 0. The molecular weight excluding hydrogens is 252 g/mol. The van der Waals surface area contributed by atoms with Gasteiger partial charge in [0.15, 0.2) is 0 Å². The zero-order chi connectivity index (χ0) is 7.84. The van der Waals surface area contributed by atoms with Crippen molar-refractivity contribution < 1.29 is 36.7 Å². The standard InChI is InChI=1S/C8H4O3.Ag/c9-7-5-3-1-2-4-6(5)8(10)11-7;/h1-4H;. The van der Waals surface area contributed by atoms with E-state index in [-0.39, 0.29) is 22.4 Å². The van der Waals surface area contributed by atoms with Crippen LogP contribution in [0.1, 0.15) is 20.7 Å². The van der Waals surface area contributed by atoms with Gasteiger partial charge in [-0.25, -0.2) is 9.59 Å². The maximum Gasteiger partial charge on any atom is 0.346 e. The smallest absolute Gasteiger partial charge is 0.346 e. The summed E-state index contributed by atoms with van der Waals surface area (Å²) in [5, 5.41) is 0. The van der Waals surface area contributed by atoms with Crippen LogP contribution in [0.25, 0.3) is 0 Å². The molecule has 0 fully saturated rings. The Morgan fingerprint density at radius 1 is 0.917 bits per heavy atom. The second-order valence-electron chi connectivity index (χ2n) is 2.22. The van der Waals surface area contributed by atoms with E-state index in [4.69, 9.17) is 0 Å². The molecule has 1 heterocycles. The molecule has 0 bridgehead atoms. The van der Waals surface area contributed by atoms with Crippen LogP contribution < -0.4 is 0 Å². The van der Waals surface area contributed by atoms with E-state index in [1.54, 1.807) is 24.3 Å². The van der Waals surface area contributed by atoms with Crippen LogP contribution >= 0.6 is 0 Å². The number of hydrogen-bond donors (Lipinski definition) is 0. The Hall–Kier alpha value is -0.900. The summed E-state index contributed by atoms with van der Waals surface area (Å²) in [6, 6.07) is 6.53. The van der Waals surface area contributed by atoms with Crippen LogP contribution in [-0.2, 0) is 27.1 Å². The van der Waals surface area contributed by atoms with Gasteiger partial charge in [0.25, 0.3) is 0 Å². The van der Waals surface area contributed by atoms with Crippen molar-refractivity contribution in [2.45, 2.75) is 0 Å². The van der Waals surface area contributed by atoms with Crippen LogP contribution in [0.5, 0.6) is 0 Å². The summed E-state index contributed by atoms with van der Waals surface area (Å²) in [4.78, 5) is 21.7. The zero-order valence-electron chi connectivity index (χ0n) is 5.84. The second kappa shape index (κ2) is 3.23. The van der Waals surface area contributed by atoms with Crippen molar-refractivity contribution in [1.29, 1.82) is 0 Å². The number of rotatable bonds is 0. The van der Waals surface area contributed by atoms with Gasteiger partial charge >= 0.3 is 11.9 Å². The van der Waals surface area contributed by atoms with E-state index in [2.05, 4.69) is 4.74 Å². The number of hydrogen-bond acceptors (Lipinski definition) is 3. The normalized spacial score (nSPS) is 13.3. The van der Waals surface area contributed by atoms with E-state index < -0.39 is 11.9 Å². The summed E-state index contributed by atoms with van der Waals surface area (Å²) in [5.41, 5.74) is 0.718. The van der Waals surface area contributed by atoms with Crippen molar-refractivity contribution in [2.24, 2.45) is 0 Å². The molecule has 1 aromatic rings. The molecule has 0 saturated carbocycles. The van der Waals surface area contributed by atoms with Gasteiger partial charge in [0.1, 0.15) is 0 Å². The van der Waals surface area contributed by atoms with E-state index in [0.717, 1.165) is 0 Å². The number of esters is 2. The predicted octanol–water partition coefficient (Wildman–Crippen LogP) is 0.995. The van der Waals surface area contributed by atoms with Gasteiger partial charge in [-0.2, -0.15) is 0 Å². The molecule has 4 heteroatoms. The van der Waals surface area contributed by atoms with Crippen LogP contribution in [0.4, 0.5) is 0 Å². The van der Waals surface area contributed by atoms with Crippen LogP contribution in [0, 0.1) is 0 Å². The van der Waals surface area contributed by atoms with Crippen LogP contribution in [0.2, 0.25) is 0 Å². The molecule has 0 aliphatic carbocycles. The summed E-state index contributed by atoms with van der Waals surface area (Å²) >= 11 is 0. The number of benzene rings is 1. The molecule has 0 aromatic heterocycles. The first kappa shape index (κ1) is 9.19. The third kappa shape index (κ3) is 1.22. The largest absolute Gasteiger partial charge is 0.386 e. The Bertz CT molecular complexity index is 313. The molecule has 1 aliphatic rings. The molecule has 1 radical (unpaired) electrons. The molecule has 0 N–H and O–H groups in total. The van der Waals surface area contributed by atoms with Gasteiger partial charge in [0.05, 0.1) is 11.1 Å². The number of carbonyl (C=O) groups excluding carboxylic acids is 2. The molecule has 0 unspecified atom stereocenters. The third-order valence-corrected chi connectivity index (χ3v) is 1.55. The average Bonchev–Trinajstić information content (AvgIpc) is 2.30. The quantitative estimate of drug-likeness (QED) is 0.395. The zero-order valence-corrected chi connectivity index (χ0v) is 7.32. The maximum absolute atomic E-state index is 10.8. The molecule has 1 aliphatic heterocycles. The van der Waals surface area contributed by atoms with Crippen molar-refractivity contribution >= 4 is 11.9 Å². The SMILES string of the molecule is O=C1OC(=O)c2ccccc21.[Ag]. The summed E-state index contributed by atoms with van der Waals surface area (Å²) in [7, 11) is 0. The Morgan fingerprint density at radius 2 is 1.33 bits per heavy atom. The van der Waals surface area contributed by atoms with Crippen LogP contribution in [0.15, 0.2) is 24.3 Å². The minimum atomic E-state index is -0.550. The van der Waals surface area contributed by atoms with Crippen LogP contribution in [-0.4, -0.2) is 11.9 Å². The molecule has 1 aromatic carbocycles. The van der Waals surface area contributed by atoms with Gasteiger partial charge in [-0.05, 0) is 12.1 Å². The Labute approximate surface area is 84.2 Å². The second-order valence-corrected chi connectivity index (χ2v) is 2.22. The van der Waals surface area contributed by atoms with Crippen LogP contribution in [0.3, 0.4) is 0 Å². The fourth-order valence-electron chi connectivity index (χ4n) is 1.03. The van der Waals surface area contributed by atoms with Gasteiger partial charge in [-0.3, -0.25) is 0 Å². The fourth-order valence-corrected chi connectivity index (χ4v) is 1.03. The fraction of sp³-hybridized carbons (Fsp3) is 0. The minimum absolute atomic E-state index is 0. The number of ether oxygens (including phenoxy) is 1. The number of carbonyl (C=O) groups is 2. The van der Waals surface area contributed by atoms with Gasteiger partial charge < -0.3 is 4.74 Å². The topological polar surface area (TPSA) is 43.4 Å². The molecule has 3 nitrogen and oxygen atoms in total. The molecule has 0 amide bonds. The molecule has 12 heavy (non-hydrogen) atoms. The van der Waals surface area contributed by atoms with Crippen molar-refractivity contribution in [2.75, 3.05) is 0 Å². The van der Waals surface area contributed by atoms with Gasteiger partial charge in [-0.1, -0.05) is 12.1 Å². The Kier molecular flexibility index (Phi) is 2.47. The minimum Gasteiger partial charge on any atom is -0.386 e. The van der Waals surface area contributed by atoms with E-state index in [1.165, 1.54) is 0 Å². The summed E-state index contributed by atoms with van der Waals surface area (Å²) in [5.74, 6) is -1.10. The van der Waals surface area contributed by atoms with E-state index in [0.29, 0.717) is 11.1 Å². The molecular formula is C8H4AgO3. The Morgan fingerprint density at radius 3 is 1.75 bits per heavy atom. The van der Waals surface area contributed by atoms with E-state index >= 15 is 0 Å². The van der Waals surface area contributed by atoms with Crippen molar-refractivity contribution in [3.63, 3.8) is 0 Å². The summed E-state index contributed by atoms with van der Waals surface area (Å²) in [6.07, 6.45) is 0. The first-order valence-corrected chi connectivity index (χ1v) is 3.14. The van der Waals surface area contributed by atoms with Gasteiger partial charge in [0.2, 0.25) is 0 Å². The van der Waals surface area contributed by atoms with Crippen molar-refractivity contribution in [3.05, 3.63) is 35.4 Å².